The van der Waals surface area contributed by atoms with Gasteiger partial charge in [0.25, 0.3) is 0 Å². The Morgan fingerprint density at radius 2 is 2.24 bits per heavy atom. The number of benzene rings is 1. The Kier molecular flexibility index (Phi) is 6.08. The predicted octanol–water partition coefficient (Wildman–Crippen LogP) is 3.14. The quantitative estimate of drug-likeness (QED) is 0.738. The van der Waals surface area contributed by atoms with E-state index in [1.807, 2.05) is 6.07 Å². The average molecular weight is 419 g/mol. The number of halogens is 2. The molecule has 0 saturated carbocycles. The highest BCUT2D eigenvalue weighted by Gasteiger charge is 2.21. The largest absolute Gasteiger partial charge is 0.398 e. The maximum Gasteiger partial charge on any atom is 0.216 e. The summed E-state index contributed by atoms with van der Waals surface area (Å²) < 4.78 is 1.96. The highest BCUT2D eigenvalue weighted by atomic mass is 79.9. The molecule has 0 aliphatic carbocycles. The third-order valence-corrected chi connectivity index (χ3v) is 4.93. The van der Waals surface area contributed by atoms with Gasteiger partial charge in [-0.1, -0.05) is 15.9 Å². The normalized spacial score (nSPS) is 19.5. The molecular weight excluding hydrogens is 398 g/mol. The van der Waals surface area contributed by atoms with E-state index < -0.39 is 0 Å². The molecular formula is C15H21Br2N3O. The van der Waals surface area contributed by atoms with E-state index in [0.29, 0.717) is 5.92 Å². The van der Waals surface area contributed by atoms with Gasteiger partial charge in [0.05, 0.1) is 5.69 Å². The first-order chi connectivity index (χ1) is 9.95. The Bertz CT molecular complexity index is 522. The molecule has 1 saturated heterocycles. The van der Waals surface area contributed by atoms with E-state index >= 15 is 0 Å². The van der Waals surface area contributed by atoms with Crippen molar-refractivity contribution in [2.45, 2.75) is 26.3 Å². The Morgan fingerprint density at radius 3 is 2.95 bits per heavy atom. The van der Waals surface area contributed by atoms with Crippen molar-refractivity contribution in [3.63, 3.8) is 0 Å². The number of rotatable bonds is 4. The topological polar surface area (TPSA) is 58.4 Å². The van der Waals surface area contributed by atoms with Gasteiger partial charge in [-0.3, -0.25) is 9.69 Å². The van der Waals surface area contributed by atoms with Crippen molar-refractivity contribution in [1.29, 1.82) is 0 Å². The number of nitrogen functional groups attached to an aromatic ring is 1. The zero-order valence-electron chi connectivity index (χ0n) is 12.2. The molecule has 0 spiro atoms. The van der Waals surface area contributed by atoms with Gasteiger partial charge in [-0.25, -0.2) is 0 Å². The summed E-state index contributed by atoms with van der Waals surface area (Å²) >= 11 is 7.01. The standard InChI is InChI=1S/C15H21Br2N3O/c1-10(21)19-7-11-3-2-4-20(8-11)9-12-5-13(16)6-14(17)15(12)18/h5-6,11H,2-4,7-9,18H2,1H3,(H,19,21)/t11-/m0/s1. The third-order valence-electron chi connectivity index (χ3n) is 3.82. The number of anilines is 1. The van der Waals surface area contributed by atoms with Crippen LogP contribution in [-0.4, -0.2) is 30.4 Å². The summed E-state index contributed by atoms with van der Waals surface area (Å²) in [6.07, 6.45) is 2.34. The Balaban J connectivity index is 1.98. The minimum absolute atomic E-state index is 0.0484. The Hall–Kier alpha value is -0.590. The van der Waals surface area contributed by atoms with Gasteiger partial charge in [0.15, 0.2) is 0 Å². The number of likely N-dealkylation sites (tertiary alicyclic amines) is 1. The highest BCUT2D eigenvalue weighted by molar-refractivity contribution is 9.11. The first-order valence-electron chi connectivity index (χ1n) is 7.16. The van der Waals surface area contributed by atoms with Gasteiger partial charge in [-0.05, 0) is 58.9 Å². The van der Waals surface area contributed by atoms with Gasteiger partial charge in [-0.2, -0.15) is 0 Å². The monoisotopic (exact) mass is 417 g/mol. The number of hydrogen-bond acceptors (Lipinski definition) is 3. The van der Waals surface area contributed by atoms with Crippen LogP contribution in [0.15, 0.2) is 21.1 Å². The van der Waals surface area contributed by atoms with Crippen LogP contribution < -0.4 is 11.1 Å². The van der Waals surface area contributed by atoms with Crippen LogP contribution in [0.3, 0.4) is 0 Å². The lowest BCUT2D eigenvalue weighted by molar-refractivity contribution is -0.119. The second-order valence-electron chi connectivity index (χ2n) is 5.64. The molecule has 1 aliphatic heterocycles. The summed E-state index contributed by atoms with van der Waals surface area (Å²) in [5, 5.41) is 2.92. The molecule has 0 radical (unpaired) electrons. The highest BCUT2D eigenvalue weighted by Crippen LogP contribution is 2.30. The number of carbonyl (C=O) groups excluding carboxylic acids is 1. The first kappa shape index (κ1) is 16.8. The van der Waals surface area contributed by atoms with E-state index in [1.54, 1.807) is 6.92 Å². The van der Waals surface area contributed by atoms with Crippen LogP contribution in [0.1, 0.15) is 25.3 Å². The van der Waals surface area contributed by atoms with Crippen LogP contribution in [-0.2, 0) is 11.3 Å². The Morgan fingerprint density at radius 1 is 1.48 bits per heavy atom. The number of amides is 1. The van der Waals surface area contributed by atoms with Gasteiger partial charge in [-0.15, -0.1) is 0 Å². The fraction of sp³-hybridized carbons (Fsp3) is 0.533. The molecule has 1 fully saturated rings. The molecule has 21 heavy (non-hydrogen) atoms. The van der Waals surface area contributed by atoms with Crippen molar-refractivity contribution in [2.75, 3.05) is 25.4 Å². The molecule has 0 unspecified atom stereocenters. The number of nitrogens with zero attached hydrogens (tertiary/aromatic N) is 1. The van der Waals surface area contributed by atoms with Gasteiger partial charge in [0, 0.05) is 35.5 Å². The van der Waals surface area contributed by atoms with Crippen molar-refractivity contribution in [1.82, 2.24) is 10.2 Å². The lowest BCUT2D eigenvalue weighted by Crippen LogP contribution is -2.40. The van der Waals surface area contributed by atoms with Gasteiger partial charge < -0.3 is 11.1 Å². The zero-order chi connectivity index (χ0) is 15.4. The summed E-state index contributed by atoms with van der Waals surface area (Å²) in [6.45, 7) is 5.27. The molecule has 1 aliphatic rings. The molecule has 3 N–H and O–H groups in total. The van der Waals surface area contributed by atoms with Crippen LogP contribution in [0.25, 0.3) is 0 Å². The molecule has 0 bridgehead atoms. The van der Waals surface area contributed by atoms with E-state index in [0.717, 1.165) is 46.4 Å². The van der Waals surface area contributed by atoms with Crippen molar-refractivity contribution < 1.29 is 4.79 Å². The first-order valence-corrected chi connectivity index (χ1v) is 8.74. The second kappa shape index (κ2) is 7.61. The molecule has 116 valence electrons. The number of nitrogens with two attached hydrogens (primary N) is 1. The lowest BCUT2D eigenvalue weighted by atomic mass is 9.97. The maximum atomic E-state index is 11.0. The molecule has 1 atom stereocenters. The van der Waals surface area contributed by atoms with Gasteiger partial charge in [0.1, 0.15) is 0 Å². The van der Waals surface area contributed by atoms with Crippen molar-refractivity contribution in [3.8, 4) is 0 Å². The zero-order valence-corrected chi connectivity index (χ0v) is 15.3. The summed E-state index contributed by atoms with van der Waals surface area (Å²) in [5.41, 5.74) is 8.09. The van der Waals surface area contributed by atoms with Crippen LogP contribution >= 0.6 is 31.9 Å². The summed E-state index contributed by atoms with van der Waals surface area (Å²) in [4.78, 5) is 13.4. The molecule has 1 aromatic carbocycles. The van der Waals surface area contributed by atoms with Crippen molar-refractivity contribution in [3.05, 3.63) is 26.6 Å². The van der Waals surface area contributed by atoms with Crippen molar-refractivity contribution in [2.24, 2.45) is 5.92 Å². The van der Waals surface area contributed by atoms with E-state index in [2.05, 4.69) is 48.1 Å². The average Bonchev–Trinajstić information content (AvgIpc) is 2.42. The number of nitrogens with one attached hydrogen (secondary N) is 1. The van der Waals surface area contributed by atoms with Crippen LogP contribution in [0.2, 0.25) is 0 Å². The number of carbonyl (C=O) groups is 1. The minimum atomic E-state index is 0.0484. The van der Waals surface area contributed by atoms with Crippen LogP contribution in [0.5, 0.6) is 0 Å². The number of hydrogen-bond donors (Lipinski definition) is 2. The second-order valence-corrected chi connectivity index (χ2v) is 7.41. The van der Waals surface area contributed by atoms with Gasteiger partial charge >= 0.3 is 0 Å². The predicted molar refractivity (Wildman–Crippen MR) is 92.9 cm³/mol. The molecule has 1 aromatic rings. The molecule has 1 heterocycles. The SMILES string of the molecule is CC(=O)NC[C@@H]1CCCN(Cc2cc(Br)cc(Br)c2N)C1. The fourth-order valence-corrected chi connectivity index (χ4v) is 4.07. The minimum Gasteiger partial charge on any atom is -0.398 e. The van der Waals surface area contributed by atoms with Gasteiger partial charge in [0.2, 0.25) is 5.91 Å². The van der Waals surface area contributed by atoms with E-state index in [9.17, 15) is 4.79 Å². The smallest absolute Gasteiger partial charge is 0.216 e. The van der Waals surface area contributed by atoms with E-state index in [1.165, 1.54) is 12.8 Å². The molecule has 4 nitrogen and oxygen atoms in total. The summed E-state index contributed by atoms with van der Waals surface area (Å²) in [7, 11) is 0. The summed E-state index contributed by atoms with van der Waals surface area (Å²) in [6, 6.07) is 4.05. The summed E-state index contributed by atoms with van der Waals surface area (Å²) in [5.74, 6) is 0.576. The molecule has 0 aromatic heterocycles. The van der Waals surface area contributed by atoms with E-state index in [4.69, 9.17) is 5.73 Å². The fourth-order valence-electron chi connectivity index (χ4n) is 2.76. The molecule has 1 amide bonds. The Labute approximate surface area is 142 Å². The van der Waals surface area contributed by atoms with Crippen LogP contribution in [0.4, 0.5) is 5.69 Å². The van der Waals surface area contributed by atoms with E-state index in [-0.39, 0.29) is 5.91 Å². The van der Waals surface area contributed by atoms with Crippen LogP contribution in [0, 0.1) is 5.92 Å². The molecule has 2 rings (SSSR count). The maximum absolute atomic E-state index is 11.0. The van der Waals surface area contributed by atoms with Crippen molar-refractivity contribution >= 4 is 43.5 Å². The molecule has 6 heteroatoms. The number of piperidine rings is 1. The third kappa shape index (κ3) is 4.97. The lowest BCUT2D eigenvalue weighted by Gasteiger charge is -2.33.